The predicted octanol–water partition coefficient (Wildman–Crippen LogP) is 9.56. The lowest BCUT2D eigenvalue weighted by atomic mass is 10.0. The second-order valence-electron chi connectivity index (χ2n) is 8.02. The first-order valence-corrected chi connectivity index (χ1v) is 13.0. The maximum absolute atomic E-state index is 6.01. The third-order valence-electron chi connectivity index (χ3n) is 5.42. The summed E-state index contributed by atoms with van der Waals surface area (Å²) < 4.78 is 8.85. The molecule has 0 N–H and O–H groups in total. The summed E-state index contributed by atoms with van der Waals surface area (Å²) in [6.07, 6.45) is 17.7. The molecule has 0 aliphatic rings. The van der Waals surface area contributed by atoms with Gasteiger partial charge in [-0.1, -0.05) is 103 Å². The average Bonchev–Trinajstić information content (AvgIpc) is 3.22. The van der Waals surface area contributed by atoms with Gasteiger partial charge in [-0.2, -0.15) is 0 Å². The van der Waals surface area contributed by atoms with Gasteiger partial charge in [-0.05, 0) is 24.8 Å². The number of hydrogen-bond acceptors (Lipinski definition) is 3. The van der Waals surface area contributed by atoms with Crippen LogP contribution < -0.4 is 4.74 Å². The largest absolute Gasteiger partial charge is 0.484 e. The highest BCUT2D eigenvalue weighted by molar-refractivity contribution is 7.28. The summed E-state index contributed by atoms with van der Waals surface area (Å²) in [4.78, 5) is 1.55. The van der Waals surface area contributed by atoms with Crippen LogP contribution in [0.5, 0.6) is 5.06 Å². The Kier molecular flexibility index (Phi) is 11.5. The first-order valence-electron chi connectivity index (χ1n) is 11.4. The van der Waals surface area contributed by atoms with Gasteiger partial charge in [-0.3, -0.25) is 0 Å². The van der Waals surface area contributed by atoms with Crippen LogP contribution in [0.25, 0.3) is 9.40 Å². The molecule has 3 heteroatoms. The molecule has 2 rings (SSSR count). The number of ether oxygens (including phenoxy) is 1. The highest BCUT2D eigenvalue weighted by atomic mass is 32.1. The molecular weight excluding hydrogens is 368 g/mol. The van der Waals surface area contributed by atoms with Crippen molar-refractivity contribution in [3.05, 3.63) is 17.0 Å². The summed E-state index contributed by atoms with van der Waals surface area (Å²) in [6, 6.07) is 4.67. The van der Waals surface area contributed by atoms with E-state index in [-0.39, 0.29) is 0 Å². The van der Waals surface area contributed by atoms with Crippen molar-refractivity contribution >= 4 is 32.1 Å². The molecule has 0 fully saturated rings. The third-order valence-corrected chi connectivity index (χ3v) is 7.86. The van der Waals surface area contributed by atoms with Crippen molar-refractivity contribution < 1.29 is 4.74 Å². The molecule has 0 aromatic carbocycles. The number of fused-ring (bicyclic) bond motifs is 1. The topological polar surface area (TPSA) is 9.23 Å². The lowest BCUT2D eigenvalue weighted by Gasteiger charge is -2.08. The fraction of sp³-hybridized carbons (Fsp3) is 0.750. The SMILES string of the molecule is CCCCCCCCCCCOc1cc2sc(C(C)CCCCC)cc2s1. The van der Waals surface area contributed by atoms with Gasteiger partial charge in [0.1, 0.15) is 0 Å². The fourth-order valence-electron chi connectivity index (χ4n) is 3.57. The Labute approximate surface area is 175 Å². The number of rotatable bonds is 16. The van der Waals surface area contributed by atoms with Crippen molar-refractivity contribution in [2.45, 2.75) is 110 Å². The molecule has 27 heavy (non-hydrogen) atoms. The van der Waals surface area contributed by atoms with Crippen LogP contribution in [0, 0.1) is 0 Å². The van der Waals surface area contributed by atoms with Crippen molar-refractivity contribution in [2.75, 3.05) is 6.61 Å². The molecule has 0 radical (unpaired) electrons. The van der Waals surface area contributed by atoms with Crippen molar-refractivity contribution in [2.24, 2.45) is 0 Å². The summed E-state index contributed by atoms with van der Waals surface area (Å²) in [5.41, 5.74) is 0. The second kappa shape index (κ2) is 13.6. The van der Waals surface area contributed by atoms with Crippen LogP contribution in [0.2, 0.25) is 0 Å². The van der Waals surface area contributed by atoms with Crippen molar-refractivity contribution in [3.8, 4) is 5.06 Å². The molecular formula is C24H40OS2. The Morgan fingerprint density at radius 3 is 2.00 bits per heavy atom. The molecule has 0 bridgehead atoms. The third kappa shape index (κ3) is 8.56. The van der Waals surface area contributed by atoms with Gasteiger partial charge in [-0.15, -0.1) is 11.3 Å². The Balaban J connectivity index is 1.60. The maximum Gasteiger partial charge on any atom is 0.175 e. The minimum absolute atomic E-state index is 0.701. The van der Waals surface area contributed by atoms with E-state index in [1.165, 1.54) is 92.9 Å². The first-order chi connectivity index (χ1) is 13.2. The predicted molar refractivity (Wildman–Crippen MR) is 125 cm³/mol. The molecule has 0 amide bonds. The van der Waals surface area contributed by atoms with E-state index in [1.54, 1.807) is 4.88 Å². The molecule has 154 valence electrons. The quantitative estimate of drug-likeness (QED) is 0.251. The lowest BCUT2D eigenvalue weighted by Crippen LogP contribution is -1.95. The van der Waals surface area contributed by atoms with E-state index >= 15 is 0 Å². The smallest absolute Gasteiger partial charge is 0.175 e. The van der Waals surface area contributed by atoms with Gasteiger partial charge in [0.05, 0.1) is 6.61 Å². The summed E-state index contributed by atoms with van der Waals surface area (Å²) >= 11 is 3.80. The Hall–Kier alpha value is -0.540. The van der Waals surface area contributed by atoms with Gasteiger partial charge in [0, 0.05) is 20.3 Å². The molecule has 1 atom stereocenters. The Bertz CT molecular complexity index is 581. The molecule has 0 spiro atoms. The lowest BCUT2D eigenvalue weighted by molar-refractivity contribution is 0.313. The minimum atomic E-state index is 0.701. The van der Waals surface area contributed by atoms with E-state index in [1.807, 2.05) is 22.7 Å². The standard InChI is InChI=1S/C24H40OS2/c1-4-6-8-9-10-11-12-13-15-17-25-24-19-23-22(27-24)18-21(26-23)20(3)16-14-7-5-2/h18-20H,4-17H2,1-3H3. The first kappa shape index (κ1) is 22.7. The summed E-state index contributed by atoms with van der Waals surface area (Å²) in [5, 5.41) is 1.11. The van der Waals surface area contributed by atoms with Crippen LogP contribution in [-0.4, -0.2) is 6.61 Å². The number of unbranched alkanes of at least 4 members (excludes halogenated alkanes) is 10. The monoisotopic (exact) mass is 408 g/mol. The Morgan fingerprint density at radius 2 is 1.33 bits per heavy atom. The van der Waals surface area contributed by atoms with Gasteiger partial charge < -0.3 is 4.74 Å². The van der Waals surface area contributed by atoms with Crippen molar-refractivity contribution in [1.82, 2.24) is 0 Å². The molecule has 0 saturated carbocycles. The highest BCUT2D eigenvalue weighted by Gasteiger charge is 2.12. The molecule has 0 aliphatic carbocycles. The van der Waals surface area contributed by atoms with Crippen LogP contribution in [-0.2, 0) is 0 Å². The normalized spacial score (nSPS) is 12.7. The van der Waals surface area contributed by atoms with Gasteiger partial charge in [0.15, 0.2) is 5.06 Å². The maximum atomic E-state index is 6.01. The van der Waals surface area contributed by atoms with E-state index in [9.17, 15) is 0 Å². The van der Waals surface area contributed by atoms with Gasteiger partial charge in [0.25, 0.3) is 0 Å². The van der Waals surface area contributed by atoms with Gasteiger partial charge in [-0.25, -0.2) is 0 Å². The van der Waals surface area contributed by atoms with Crippen molar-refractivity contribution in [1.29, 1.82) is 0 Å². The van der Waals surface area contributed by atoms with Crippen molar-refractivity contribution in [3.63, 3.8) is 0 Å². The zero-order valence-corrected chi connectivity index (χ0v) is 19.5. The summed E-state index contributed by atoms with van der Waals surface area (Å²) in [6.45, 7) is 7.82. The van der Waals surface area contributed by atoms with Crippen LogP contribution in [0.1, 0.15) is 115 Å². The molecule has 1 nitrogen and oxygen atoms in total. The van der Waals surface area contributed by atoms with E-state index in [0.29, 0.717) is 5.92 Å². The Morgan fingerprint density at radius 1 is 0.741 bits per heavy atom. The molecule has 0 aliphatic heterocycles. The molecule has 2 aromatic heterocycles. The average molecular weight is 409 g/mol. The number of hydrogen-bond donors (Lipinski definition) is 0. The highest BCUT2D eigenvalue weighted by Crippen LogP contribution is 2.40. The molecule has 2 heterocycles. The number of thiophene rings is 2. The second-order valence-corrected chi connectivity index (χ2v) is 10.2. The van der Waals surface area contributed by atoms with E-state index in [2.05, 4.69) is 32.9 Å². The molecule has 2 aromatic rings. The van der Waals surface area contributed by atoms with E-state index in [0.717, 1.165) is 11.7 Å². The van der Waals surface area contributed by atoms with Crippen LogP contribution in [0.3, 0.4) is 0 Å². The summed E-state index contributed by atoms with van der Waals surface area (Å²) in [5.74, 6) is 0.701. The van der Waals surface area contributed by atoms with Gasteiger partial charge in [0.2, 0.25) is 0 Å². The zero-order valence-electron chi connectivity index (χ0n) is 17.9. The van der Waals surface area contributed by atoms with Crippen LogP contribution in [0.15, 0.2) is 12.1 Å². The van der Waals surface area contributed by atoms with Gasteiger partial charge >= 0.3 is 0 Å². The van der Waals surface area contributed by atoms with E-state index in [4.69, 9.17) is 4.74 Å². The molecule has 0 saturated heterocycles. The fourth-order valence-corrected chi connectivity index (χ4v) is 5.93. The minimum Gasteiger partial charge on any atom is -0.484 e. The van der Waals surface area contributed by atoms with Crippen LogP contribution in [0.4, 0.5) is 0 Å². The molecule has 1 unspecified atom stereocenters. The van der Waals surface area contributed by atoms with Crippen LogP contribution >= 0.6 is 22.7 Å². The van der Waals surface area contributed by atoms with E-state index < -0.39 is 0 Å². The summed E-state index contributed by atoms with van der Waals surface area (Å²) in [7, 11) is 0. The zero-order chi connectivity index (χ0) is 19.3.